The Kier molecular flexibility index (Phi) is 4.61. The molecule has 1 aromatic carbocycles. The number of H-pyrrole nitrogens is 1. The van der Waals surface area contributed by atoms with Crippen LogP contribution >= 0.6 is 0 Å². The van der Waals surface area contributed by atoms with Gasteiger partial charge in [0.2, 0.25) is 0 Å². The van der Waals surface area contributed by atoms with Gasteiger partial charge in [0.1, 0.15) is 5.75 Å². The summed E-state index contributed by atoms with van der Waals surface area (Å²) in [5.74, 6) is 0.332. The summed E-state index contributed by atoms with van der Waals surface area (Å²) in [5, 5.41) is 0.984. The Labute approximate surface area is 139 Å². The number of hydrogen-bond donors (Lipinski definition) is 1. The van der Waals surface area contributed by atoms with Gasteiger partial charge in [0.05, 0.1) is 19.4 Å². The van der Waals surface area contributed by atoms with E-state index >= 15 is 0 Å². The van der Waals surface area contributed by atoms with Crippen LogP contribution in [0.4, 0.5) is 0 Å². The van der Waals surface area contributed by atoms with Crippen LogP contribution in [0.15, 0.2) is 54.9 Å². The number of rotatable bonds is 5. The maximum absolute atomic E-state index is 12.0. The van der Waals surface area contributed by atoms with Crippen molar-refractivity contribution in [1.82, 2.24) is 9.97 Å². The molecule has 5 nitrogen and oxygen atoms in total. The Balaban J connectivity index is 2.17. The van der Waals surface area contributed by atoms with E-state index in [1.807, 2.05) is 42.6 Å². The van der Waals surface area contributed by atoms with E-state index in [1.165, 1.54) is 6.08 Å². The largest absolute Gasteiger partial charge is 0.496 e. The molecule has 3 rings (SSSR count). The molecule has 0 radical (unpaired) electrons. The van der Waals surface area contributed by atoms with Crippen LogP contribution in [0.25, 0.3) is 16.5 Å². The van der Waals surface area contributed by atoms with Gasteiger partial charge in [-0.1, -0.05) is 6.07 Å². The Morgan fingerprint density at radius 3 is 2.88 bits per heavy atom. The van der Waals surface area contributed by atoms with Crippen LogP contribution in [-0.2, 0) is 9.53 Å². The van der Waals surface area contributed by atoms with E-state index in [9.17, 15) is 4.79 Å². The number of hydrogen-bond acceptors (Lipinski definition) is 4. The molecule has 0 atom stereocenters. The smallest absolute Gasteiger partial charge is 0.331 e. The molecular formula is C19H18N2O3. The summed E-state index contributed by atoms with van der Waals surface area (Å²) in [4.78, 5) is 19.5. The van der Waals surface area contributed by atoms with Crippen molar-refractivity contribution in [3.8, 4) is 5.75 Å². The molecule has 0 bridgehead atoms. The van der Waals surface area contributed by atoms with Gasteiger partial charge in [-0.05, 0) is 42.8 Å². The topological polar surface area (TPSA) is 64.2 Å². The molecule has 2 heterocycles. The van der Waals surface area contributed by atoms with Crippen LogP contribution < -0.4 is 4.74 Å². The number of pyridine rings is 1. The predicted octanol–water partition coefficient (Wildman–Crippen LogP) is 3.57. The number of ether oxygens (including phenoxy) is 2. The molecular weight excluding hydrogens is 304 g/mol. The van der Waals surface area contributed by atoms with Crippen molar-refractivity contribution in [2.24, 2.45) is 0 Å². The van der Waals surface area contributed by atoms with Crippen molar-refractivity contribution in [2.75, 3.05) is 13.7 Å². The summed E-state index contributed by atoms with van der Waals surface area (Å²) in [5.41, 5.74) is 3.13. The molecule has 24 heavy (non-hydrogen) atoms. The molecule has 5 heteroatoms. The van der Waals surface area contributed by atoms with E-state index in [2.05, 4.69) is 9.97 Å². The third-order valence-electron chi connectivity index (χ3n) is 3.65. The molecule has 0 aliphatic heterocycles. The maximum Gasteiger partial charge on any atom is 0.331 e. The average Bonchev–Trinajstić information content (AvgIpc) is 3.08. The van der Waals surface area contributed by atoms with Crippen molar-refractivity contribution in [3.05, 3.63) is 66.1 Å². The highest BCUT2D eigenvalue weighted by atomic mass is 16.5. The van der Waals surface area contributed by atoms with Crippen LogP contribution in [-0.4, -0.2) is 29.7 Å². The minimum Gasteiger partial charge on any atom is -0.496 e. The zero-order valence-electron chi connectivity index (χ0n) is 13.6. The highest BCUT2D eigenvalue weighted by Gasteiger charge is 2.13. The minimum absolute atomic E-state index is 0.323. The number of aromatic amines is 1. The van der Waals surface area contributed by atoms with E-state index in [0.717, 1.165) is 22.2 Å². The lowest BCUT2D eigenvalue weighted by Crippen LogP contribution is -2.03. The molecule has 122 valence electrons. The van der Waals surface area contributed by atoms with E-state index in [0.29, 0.717) is 17.9 Å². The van der Waals surface area contributed by atoms with Gasteiger partial charge in [0, 0.05) is 34.9 Å². The van der Waals surface area contributed by atoms with Gasteiger partial charge in [-0.15, -0.1) is 0 Å². The molecule has 0 saturated carbocycles. The number of nitrogens with zero attached hydrogens (tertiary/aromatic N) is 1. The monoisotopic (exact) mass is 322 g/mol. The van der Waals surface area contributed by atoms with Gasteiger partial charge >= 0.3 is 5.97 Å². The Bertz CT molecular complexity index is 882. The van der Waals surface area contributed by atoms with Crippen LogP contribution in [0.5, 0.6) is 5.75 Å². The van der Waals surface area contributed by atoms with Crippen molar-refractivity contribution in [2.45, 2.75) is 6.92 Å². The van der Waals surface area contributed by atoms with Gasteiger partial charge in [-0.3, -0.25) is 4.98 Å². The Morgan fingerprint density at radius 2 is 2.17 bits per heavy atom. The zero-order chi connectivity index (χ0) is 16.9. The lowest BCUT2D eigenvalue weighted by atomic mass is 10.00. The Morgan fingerprint density at radius 1 is 1.29 bits per heavy atom. The standard InChI is InChI=1S/C19H18N2O3/c1-3-24-19(22)12-15(16-6-4-5-8-20-16)13-10-17-14(7-9-21-17)18(11-13)23-2/h4-12,21H,3H2,1-2H3/b15-12-. The average molecular weight is 322 g/mol. The summed E-state index contributed by atoms with van der Waals surface area (Å²) in [6.07, 6.45) is 5.01. The van der Waals surface area contributed by atoms with E-state index in [4.69, 9.17) is 9.47 Å². The number of fused-ring (bicyclic) bond motifs is 1. The van der Waals surface area contributed by atoms with E-state index in [-0.39, 0.29) is 0 Å². The molecule has 0 aliphatic carbocycles. The number of carbonyl (C=O) groups excluding carboxylic acids is 1. The number of nitrogens with one attached hydrogen (secondary N) is 1. The summed E-state index contributed by atoms with van der Waals surface area (Å²) in [6.45, 7) is 2.10. The second-order valence-corrected chi connectivity index (χ2v) is 5.14. The summed E-state index contributed by atoms with van der Waals surface area (Å²) in [6, 6.07) is 11.4. The molecule has 1 N–H and O–H groups in total. The minimum atomic E-state index is -0.399. The molecule has 3 aromatic rings. The van der Waals surface area contributed by atoms with Crippen LogP contribution in [0.2, 0.25) is 0 Å². The molecule has 2 aromatic heterocycles. The summed E-state index contributed by atoms with van der Waals surface area (Å²) < 4.78 is 10.5. The number of esters is 1. The number of benzene rings is 1. The highest BCUT2D eigenvalue weighted by molar-refractivity contribution is 5.98. The van der Waals surface area contributed by atoms with Gasteiger partial charge in [-0.2, -0.15) is 0 Å². The fourth-order valence-electron chi connectivity index (χ4n) is 2.59. The normalized spacial score (nSPS) is 11.5. The van der Waals surface area contributed by atoms with Gasteiger partial charge in [0.25, 0.3) is 0 Å². The fourth-order valence-corrected chi connectivity index (χ4v) is 2.59. The molecule has 0 spiro atoms. The first-order valence-corrected chi connectivity index (χ1v) is 7.68. The quantitative estimate of drug-likeness (QED) is 0.576. The van der Waals surface area contributed by atoms with Crippen molar-refractivity contribution < 1.29 is 14.3 Å². The van der Waals surface area contributed by atoms with Gasteiger partial charge < -0.3 is 14.5 Å². The lowest BCUT2D eigenvalue weighted by molar-refractivity contribution is -0.137. The first kappa shape index (κ1) is 15.8. The SMILES string of the molecule is CCOC(=O)/C=C(/c1cc(OC)c2cc[nH]c2c1)c1ccccn1. The van der Waals surface area contributed by atoms with Crippen LogP contribution in [0, 0.1) is 0 Å². The molecule has 0 fully saturated rings. The first-order chi connectivity index (χ1) is 11.7. The zero-order valence-corrected chi connectivity index (χ0v) is 13.6. The van der Waals surface area contributed by atoms with Gasteiger partial charge in [-0.25, -0.2) is 4.79 Å². The van der Waals surface area contributed by atoms with Crippen molar-refractivity contribution in [3.63, 3.8) is 0 Å². The van der Waals surface area contributed by atoms with Gasteiger partial charge in [0.15, 0.2) is 0 Å². The third-order valence-corrected chi connectivity index (χ3v) is 3.65. The van der Waals surface area contributed by atoms with E-state index in [1.54, 1.807) is 20.2 Å². The van der Waals surface area contributed by atoms with Crippen molar-refractivity contribution >= 4 is 22.4 Å². The van der Waals surface area contributed by atoms with Crippen molar-refractivity contribution in [1.29, 1.82) is 0 Å². The number of carbonyl (C=O) groups is 1. The maximum atomic E-state index is 12.0. The van der Waals surface area contributed by atoms with Crippen LogP contribution in [0.3, 0.4) is 0 Å². The molecule has 0 unspecified atom stereocenters. The molecule has 0 saturated heterocycles. The summed E-state index contributed by atoms with van der Waals surface area (Å²) in [7, 11) is 1.63. The van der Waals surface area contributed by atoms with E-state index < -0.39 is 5.97 Å². The predicted molar refractivity (Wildman–Crippen MR) is 92.8 cm³/mol. The Hall–Kier alpha value is -3.08. The summed E-state index contributed by atoms with van der Waals surface area (Å²) >= 11 is 0. The second-order valence-electron chi connectivity index (χ2n) is 5.14. The van der Waals surface area contributed by atoms with Crippen LogP contribution in [0.1, 0.15) is 18.2 Å². The highest BCUT2D eigenvalue weighted by Crippen LogP contribution is 2.32. The number of aromatic nitrogens is 2. The molecule has 0 aliphatic rings. The fraction of sp³-hybridized carbons (Fsp3) is 0.158. The second kappa shape index (κ2) is 7.00. The first-order valence-electron chi connectivity index (χ1n) is 7.68. The third kappa shape index (κ3) is 3.15. The molecule has 0 amide bonds. The lowest BCUT2D eigenvalue weighted by Gasteiger charge is -2.10. The number of methoxy groups -OCH3 is 1.